The summed E-state index contributed by atoms with van der Waals surface area (Å²) in [6.45, 7) is 0. The van der Waals surface area contributed by atoms with Crippen LogP contribution in [0.5, 0.6) is 0 Å². The monoisotopic (exact) mass is 664 g/mol. The van der Waals surface area contributed by atoms with Gasteiger partial charge in [0.05, 0.1) is 24.8 Å². The Hall–Kier alpha value is -6.25. The summed E-state index contributed by atoms with van der Waals surface area (Å²) in [7, 11) is 0. The lowest BCUT2D eigenvalue weighted by atomic mass is 10.0. The summed E-state index contributed by atoms with van der Waals surface area (Å²) in [5.41, 5.74) is -1.87. The van der Waals surface area contributed by atoms with Crippen LogP contribution in [0.15, 0.2) is 85.5 Å². The van der Waals surface area contributed by atoms with Gasteiger partial charge in [-0.05, 0) is 36.4 Å². The van der Waals surface area contributed by atoms with E-state index in [0.717, 1.165) is 24.8 Å². The number of halogens is 8. The Labute approximate surface area is 265 Å². The maximum absolute atomic E-state index is 14.7. The first-order chi connectivity index (χ1) is 22.9. The summed E-state index contributed by atoms with van der Waals surface area (Å²) < 4.78 is 113. The minimum Gasteiger partial charge on any atom is -0.308 e. The van der Waals surface area contributed by atoms with Crippen LogP contribution in [0, 0.1) is 46.5 Å². The number of urea groups is 1. The van der Waals surface area contributed by atoms with E-state index in [1.807, 2.05) is 0 Å². The minimum atomic E-state index is -1.08. The lowest BCUT2D eigenvalue weighted by Crippen LogP contribution is -2.19. The molecule has 0 aliphatic carbocycles. The van der Waals surface area contributed by atoms with Crippen LogP contribution in [0.3, 0.4) is 0 Å². The zero-order chi connectivity index (χ0) is 34.1. The standard InChI is InChI=1S/C33H16F8N6O/c34-19-7-25(38)29(42-11-19)15-1-16(30-26(39)8-20(35)12-43-30)4-23(3-15)46-33(48)47-24-5-17(31-27(40)9-21(36)13-44-31)2-18(6-24)32-28(41)10-22(37)14-45-32/h1-14H,(H2,46,47,48). The summed E-state index contributed by atoms with van der Waals surface area (Å²) in [5, 5.41) is 4.90. The van der Waals surface area contributed by atoms with Crippen LogP contribution in [0.2, 0.25) is 0 Å². The number of hydrogen-bond acceptors (Lipinski definition) is 5. The molecule has 2 amide bonds. The predicted molar refractivity (Wildman–Crippen MR) is 158 cm³/mol. The number of benzene rings is 2. The maximum atomic E-state index is 14.7. The third-order valence-electron chi connectivity index (χ3n) is 6.71. The number of aromatic nitrogens is 4. The number of nitrogens with one attached hydrogen (secondary N) is 2. The first kappa shape index (κ1) is 31.7. The third kappa shape index (κ3) is 6.79. The van der Waals surface area contributed by atoms with Crippen LogP contribution in [0.25, 0.3) is 45.0 Å². The highest BCUT2D eigenvalue weighted by molar-refractivity contribution is 6.01. The normalized spacial score (nSPS) is 11.0. The molecule has 4 heterocycles. The molecule has 0 aliphatic rings. The SMILES string of the molecule is O=C(Nc1cc(-c2ncc(F)cc2F)cc(-c2ncc(F)cc2F)c1)Nc1cc(-c2ncc(F)cc2F)cc(-c2ncc(F)cc2F)c1. The van der Waals surface area contributed by atoms with Crippen molar-refractivity contribution in [3.63, 3.8) is 0 Å². The highest BCUT2D eigenvalue weighted by Gasteiger charge is 2.18. The van der Waals surface area contributed by atoms with E-state index in [1.54, 1.807) is 0 Å². The Kier molecular flexibility index (Phi) is 8.50. The van der Waals surface area contributed by atoms with E-state index in [-0.39, 0.29) is 56.4 Å². The first-order valence-corrected chi connectivity index (χ1v) is 13.6. The van der Waals surface area contributed by atoms with E-state index in [9.17, 15) is 39.9 Å². The lowest BCUT2D eigenvalue weighted by molar-refractivity contribution is 0.262. The molecule has 2 N–H and O–H groups in total. The van der Waals surface area contributed by atoms with Crippen molar-refractivity contribution in [2.75, 3.05) is 10.6 Å². The van der Waals surface area contributed by atoms with Crippen molar-refractivity contribution < 1.29 is 39.9 Å². The second kappa shape index (κ2) is 12.9. The Morgan fingerprint density at radius 1 is 0.396 bits per heavy atom. The van der Waals surface area contributed by atoms with E-state index in [1.165, 1.54) is 36.4 Å². The molecule has 6 aromatic rings. The van der Waals surface area contributed by atoms with Crippen molar-refractivity contribution in [3.05, 3.63) is 132 Å². The quantitative estimate of drug-likeness (QED) is 0.174. The molecule has 0 bridgehead atoms. The van der Waals surface area contributed by atoms with Gasteiger partial charge in [-0.2, -0.15) is 0 Å². The smallest absolute Gasteiger partial charge is 0.308 e. The van der Waals surface area contributed by atoms with Gasteiger partial charge in [-0.3, -0.25) is 19.9 Å². The number of hydrogen-bond donors (Lipinski definition) is 2. The van der Waals surface area contributed by atoms with Crippen LogP contribution in [-0.2, 0) is 0 Å². The van der Waals surface area contributed by atoms with Crippen molar-refractivity contribution in [1.29, 1.82) is 0 Å². The van der Waals surface area contributed by atoms with Crippen molar-refractivity contribution >= 4 is 17.4 Å². The molecular formula is C33H16F8N6O. The number of anilines is 2. The molecule has 0 unspecified atom stereocenters. The Balaban J connectivity index is 1.39. The van der Waals surface area contributed by atoms with Crippen molar-refractivity contribution in [1.82, 2.24) is 19.9 Å². The molecule has 0 spiro atoms. The van der Waals surface area contributed by atoms with E-state index >= 15 is 0 Å². The average Bonchev–Trinajstić information content (AvgIpc) is 3.00. The largest absolute Gasteiger partial charge is 0.323 e. The van der Waals surface area contributed by atoms with Gasteiger partial charge in [0.25, 0.3) is 0 Å². The minimum absolute atomic E-state index is 0.0502. The second-order valence-corrected chi connectivity index (χ2v) is 10.1. The van der Waals surface area contributed by atoms with E-state index in [0.29, 0.717) is 24.3 Å². The fourth-order valence-electron chi connectivity index (χ4n) is 4.75. The number of amides is 2. The van der Waals surface area contributed by atoms with Crippen molar-refractivity contribution in [3.8, 4) is 45.0 Å². The molecular weight excluding hydrogens is 648 g/mol. The van der Waals surface area contributed by atoms with Crippen LogP contribution in [0.1, 0.15) is 0 Å². The van der Waals surface area contributed by atoms with E-state index in [2.05, 4.69) is 30.6 Å². The molecule has 4 aromatic heterocycles. The van der Waals surface area contributed by atoms with Gasteiger partial charge in [0.2, 0.25) is 0 Å². The number of carbonyl (C=O) groups excluding carboxylic acids is 1. The fraction of sp³-hybridized carbons (Fsp3) is 0. The summed E-state index contributed by atoms with van der Waals surface area (Å²) in [4.78, 5) is 28.2. The zero-order valence-corrected chi connectivity index (χ0v) is 23.8. The van der Waals surface area contributed by atoms with Gasteiger partial charge in [-0.1, -0.05) is 0 Å². The summed E-state index contributed by atoms with van der Waals surface area (Å²) >= 11 is 0. The van der Waals surface area contributed by atoms with Crippen LogP contribution < -0.4 is 10.6 Å². The number of pyridine rings is 4. The predicted octanol–water partition coefficient (Wildman–Crippen LogP) is 8.69. The van der Waals surface area contributed by atoms with Gasteiger partial charge < -0.3 is 10.6 Å². The van der Waals surface area contributed by atoms with Crippen LogP contribution >= 0.6 is 0 Å². The second-order valence-electron chi connectivity index (χ2n) is 10.1. The molecule has 6 rings (SSSR count). The Morgan fingerprint density at radius 2 is 0.646 bits per heavy atom. The fourth-order valence-corrected chi connectivity index (χ4v) is 4.75. The molecule has 15 heteroatoms. The molecule has 7 nitrogen and oxygen atoms in total. The number of rotatable bonds is 6. The van der Waals surface area contributed by atoms with E-state index in [4.69, 9.17) is 0 Å². The van der Waals surface area contributed by atoms with Gasteiger partial charge in [-0.25, -0.2) is 39.9 Å². The molecule has 0 saturated carbocycles. The summed E-state index contributed by atoms with van der Waals surface area (Å²) in [6, 6.07) is 8.65. The molecule has 240 valence electrons. The molecule has 0 aliphatic heterocycles. The number of carbonyl (C=O) groups is 1. The topological polar surface area (TPSA) is 92.7 Å². The van der Waals surface area contributed by atoms with Gasteiger partial charge in [0.15, 0.2) is 23.3 Å². The van der Waals surface area contributed by atoms with Crippen LogP contribution in [0.4, 0.5) is 51.3 Å². The molecule has 0 radical (unpaired) electrons. The third-order valence-corrected chi connectivity index (χ3v) is 6.71. The molecule has 2 aromatic carbocycles. The first-order valence-electron chi connectivity index (χ1n) is 13.6. The maximum Gasteiger partial charge on any atom is 0.323 e. The molecule has 0 saturated heterocycles. The van der Waals surface area contributed by atoms with Gasteiger partial charge >= 0.3 is 6.03 Å². The molecule has 0 atom stereocenters. The molecule has 0 fully saturated rings. The van der Waals surface area contributed by atoms with Crippen LogP contribution in [-0.4, -0.2) is 26.0 Å². The Bertz CT molecular complexity index is 1940. The Morgan fingerprint density at radius 3 is 0.875 bits per heavy atom. The lowest BCUT2D eigenvalue weighted by Gasteiger charge is -2.14. The summed E-state index contributed by atoms with van der Waals surface area (Å²) in [5.74, 6) is -8.20. The average molecular weight is 665 g/mol. The zero-order valence-electron chi connectivity index (χ0n) is 23.8. The molecule has 48 heavy (non-hydrogen) atoms. The van der Waals surface area contributed by atoms with Gasteiger partial charge in [0, 0.05) is 57.9 Å². The van der Waals surface area contributed by atoms with E-state index < -0.39 is 52.6 Å². The highest BCUT2D eigenvalue weighted by Crippen LogP contribution is 2.34. The summed E-state index contributed by atoms with van der Waals surface area (Å²) in [6.07, 6.45) is 2.96. The van der Waals surface area contributed by atoms with Gasteiger partial charge in [0.1, 0.15) is 46.0 Å². The highest BCUT2D eigenvalue weighted by atomic mass is 19.2. The van der Waals surface area contributed by atoms with Crippen molar-refractivity contribution in [2.45, 2.75) is 0 Å². The van der Waals surface area contributed by atoms with Crippen molar-refractivity contribution in [2.24, 2.45) is 0 Å². The van der Waals surface area contributed by atoms with Gasteiger partial charge in [-0.15, -0.1) is 0 Å². The number of nitrogens with zero attached hydrogens (tertiary/aromatic N) is 4.